The molecule has 15 heavy (non-hydrogen) atoms. The minimum atomic E-state index is -4.04. The van der Waals surface area contributed by atoms with Crippen molar-refractivity contribution in [2.45, 2.75) is 11.8 Å². The average molecular weight is 233 g/mol. The lowest BCUT2D eigenvalue weighted by molar-refractivity contribution is 0.0691. The zero-order chi connectivity index (χ0) is 11.8. The monoisotopic (exact) mass is 233 g/mol. The first kappa shape index (κ1) is 11.6. The van der Waals surface area contributed by atoms with Gasteiger partial charge in [0.25, 0.3) is 0 Å². The third-order valence-corrected chi connectivity index (χ3v) is 2.85. The Morgan fingerprint density at radius 3 is 2.40 bits per heavy atom. The number of rotatable bonds is 2. The Morgan fingerprint density at radius 2 is 2.00 bits per heavy atom. The van der Waals surface area contributed by atoms with Gasteiger partial charge in [-0.2, -0.15) is 0 Å². The number of halogens is 1. The van der Waals surface area contributed by atoms with Gasteiger partial charge in [0, 0.05) is 0 Å². The number of benzene rings is 1. The second-order valence-electron chi connectivity index (χ2n) is 2.95. The van der Waals surface area contributed by atoms with Gasteiger partial charge in [0.05, 0.1) is 10.5 Å². The van der Waals surface area contributed by atoms with E-state index in [1.807, 2.05) is 0 Å². The molecule has 1 rings (SSSR count). The van der Waals surface area contributed by atoms with Crippen LogP contribution >= 0.6 is 0 Å². The fourth-order valence-electron chi connectivity index (χ4n) is 1.12. The van der Waals surface area contributed by atoms with Gasteiger partial charge in [0.2, 0.25) is 10.0 Å². The highest BCUT2D eigenvalue weighted by atomic mass is 32.2. The van der Waals surface area contributed by atoms with Gasteiger partial charge in [0.15, 0.2) is 0 Å². The van der Waals surface area contributed by atoms with E-state index in [4.69, 9.17) is 10.2 Å². The lowest BCUT2D eigenvalue weighted by Gasteiger charge is -2.05. The van der Waals surface area contributed by atoms with Gasteiger partial charge < -0.3 is 5.11 Å². The van der Waals surface area contributed by atoms with E-state index in [9.17, 15) is 17.6 Å². The smallest absolute Gasteiger partial charge is 0.338 e. The van der Waals surface area contributed by atoms with E-state index in [1.54, 1.807) is 0 Å². The quantitative estimate of drug-likeness (QED) is 0.776. The van der Waals surface area contributed by atoms with Crippen molar-refractivity contribution < 1.29 is 22.7 Å². The summed E-state index contributed by atoms with van der Waals surface area (Å²) >= 11 is 0. The predicted octanol–water partition coefficient (Wildman–Crippen LogP) is 0.480. The molecular formula is C8H8FNO4S. The number of hydrogen-bond donors (Lipinski definition) is 2. The molecule has 1 aromatic carbocycles. The van der Waals surface area contributed by atoms with Crippen LogP contribution in [0.15, 0.2) is 17.0 Å². The summed E-state index contributed by atoms with van der Waals surface area (Å²) in [6.07, 6.45) is 0. The molecule has 0 radical (unpaired) electrons. The molecule has 7 heteroatoms. The lowest BCUT2D eigenvalue weighted by atomic mass is 10.1. The Balaban J connectivity index is 3.58. The SMILES string of the molecule is Cc1cc(F)c(C(=O)O)cc1S(N)(=O)=O. The maximum atomic E-state index is 13.1. The molecule has 0 aliphatic heterocycles. The van der Waals surface area contributed by atoms with Gasteiger partial charge in [-0.05, 0) is 24.6 Å². The Hall–Kier alpha value is -1.47. The molecule has 0 amide bonds. The van der Waals surface area contributed by atoms with E-state index in [0.717, 1.165) is 6.07 Å². The first-order chi connectivity index (χ1) is 6.73. The van der Waals surface area contributed by atoms with Crippen LogP contribution in [-0.4, -0.2) is 19.5 Å². The van der Waals surface area contributed by atoms with Crippen LogP contribution in [0.3, 0.4) is 0 Å². The first-order valence-corrected chi connectivity index (χ1v) is 5.34. The second-order valence-corrected chi connectivity index (χ2v) is 4.48. The van der Waals surface area contributed by atoms with Crippen molar-refractivity contribution in [3.05, 3.63) is 29.1 Å². The largest absolute Gasteiger partial charge is 0.478 e. The van der Waals surface area contributed by atoms with E-state index in [1.165, 1.54) is 6.92 Å². The summed E-state index contributed by atoms with van der Waals surface area (Å²) in [7, 11) is -4.04. The van der Waals surface area contributed by atoms with Crippen molar-refractivity contribution in [1.82, 2.24) is 0 Å². The number of primary sulfonamides is 1. The summed E-state index contributed by atoms with van der Waals surface area (Å²) in [6.45, 7) is 1.33. The highest BCUT2D eigenvalue weighted by Gasteiger charge is 2.18. The molecule has 0 saturated carbocycles. The molecule has 0 bridgehead atoms. The predicted molar refractivity (Wildman–Crippen MR) is 49.5 cm³/mol. The third-order valence-electron chi connectivity index (χ3n) is 1.80. The van der Waals surface area contributed by atoms with E-state index < -0.39 is 27.4 Å². The maximum absolute atomic E-state index is 13.1. The first-order valence-electron chi connectivity index (χ1n) is 3.79. The molecule has 1 aromatic rings. The topological polar surface area (TPSA) is 97.5 Å². The summed E-state index contributed by atoms with van der Waals surface area (Å²) in [5, 5.41) is 13.4. The van der Waals surface area contributed by atoms with Crippen molar-refractivity contribution in [2.75, 3.05) is 0 Å². The number of carboxylic acids is 1. The van der Waals surface area contributed by atoms with Crippen LogP contribution in [-0.2, 0) is 10.0 Å². The summed E-state index contributed by atoms with van der Waals surface area (Å²) in [5.74, 6) is -2.54. The zero-order valence-corrected chi connectivity index (χ0v) is 8.51. The van der Waals surface area contributed by atoms with Gasteiger partial charge in [-0.3, -0.25) is 0 Å². The van der Waals surface area contributed by atoms with Crippen LogP contribution in [0.2, 0.25) is 0 Å². The van der Waals surface area contributed by atoms with E-state index in [-0.39, 0.29) is 10.5 Å². The molecule has 0 aliphatic carbocycles. The van der Waals surface area contributed by atoms with Crippen LogP contribution in [0, 0.1) is 12.7 Å². The molecule has 82 valence electrons. The highest BCUT2D eigenvalue weighted by Crippen LogP contribution is 2.18. The van der Waals surface area contributed by atoms with Crippen LogP contribution in [0.1, 0.15) is 15.9 Å². The van der Waals surface area contributed by atoms with Crippen LogP contribution in [0.4, 0.5) is 4.39 Å². The number of nitrogens with two attached hydrogens (primary N) is 1. The Kier molecular flexibility index (Phi) is 2.78. The van der Waals surface area contributed by atoms with Gasteiger partial charge in [0.1, 0.15) is 5.82 Å². The summed E-state index contributed by atoms with van der Waals surface area (Å²) in [4.78, 5) is 10.1. The summed E-state index contributed by atoms with van der Waals surface area (Å²) < 4.78 is 35.1. The Labute approximate surface area is 85.4 Å². The number of aromatic carboxylic acids is 1. The maximum Gasteiger partial charge on any atom is 0.338 e. The minimum absolute atomic E-state index is 0.0694. The van der Waals surface area contributed by atoms with Crippen molar-refractivity contribution in [3.8, 4) is 0 Å². The minimum Gasteiger partial charge on any atom is -0.478 e. The van der Waals surface area contributed by atoms with Crippen molar-refractivity contribution >= 4 is 16.0 Å². The Bertz CT molecular complexity index is 524. The van der Waals surface area contributed by atoms with Crippen molar-refractivity contribution in [3.63, 3.8) is 0 Å². The lowest BCUT2D eigenvalue weighted by Crippen LogP contribution is -2.15. The number of aryl methyl sites for hydroxylation is 1. The van der Waals surface area contributed by atoms with Crippen LogP contribution < -0.4 is 5.14 Å². The Morgan fingerprint density at radius 1 is 1.47 bits per heavy atom. The summed E-state index contributed by atoms with van der Waals surface area (Å²) in [6, 6.07) is 1.53. The van der Waals surface area contributed by atoms with Crippen LogP contribution in [0.5, 0.6) is 0 Å². The number of hydrogen-bond acceptors (Lipinski definition) is 3. The van der Waals surface area contributed by atoms with Gasteiger partial charge in [-0.25, -0.2) is 22.7 Å². The fraction of sp³-hybridized carbons (Fsp3) is 0.125. The van der Waals surface area contributed by atoms with Crippen LogP contribution in [0.25, 0.3) is 0 Å². The third kappa shape index (κ3) is 2.31. The average Bonchev–Trinajstić information content (AvgIpc) is 2.00. The number of carbonyl (C=O) groups is 1. The van der Waals surface area contributed by atoms with E-state index >= 15 is 0 Å². The molecule has 0 heterocycles. The van der Waals surface area contributed by atoms with Crippen molar-refractivity contribution in [2.24, 2.45) is 5.14 Å². The molecule has 0 spiro atoms. The zero-order valence-electron chi connectivity index (χ0n) is 7.69. The molecule has 0 fully saturated rings. The molecule has 0 aliphatic rings. The molecule has 0 aromatic heterocycles. The molecule has 0 atom stereocenters. The standard InChI is InChI=1S/C8H8FNO4S/c1-4-2-6(9)5(8(11)12)3-7(4)15(10,13)14/h2-3H,1H3,(H,11,12)(H2,10,13,14). The van der Waals surface area contributed by atoms with Gasteiger partial charge >= 0.3 is 5.97 Å². The van der Waals surface area contributed by atoms with Gasteiger partial charge in [-0.1, -0.05) is 0 Å². The van der Waals surface area contributed by atoms with Crippen molar-refractivity contribution in [1.29, 1.82) is 0 Å². The highest BCUT2D eigenvalue weighted by molar-refractivity contribution is 7.89. The fourth-order valence-corrected chi connectivity index (χ4v) is 1.91. The van der Waals surface area contributed by atoms with E-state index in [2.05, 4.69) is 0 Å². The molecule has 0 unspecified atom stereocenters. The second kappa shape index (κ2) is 3.59. The normalized spacial score (nSPS) is 11.4. The molecule has 3 N–H and O–H groups in total. The number of sulfonamides is 1. The molecular weight excluding hydrogens is 225 g/mol. The molecule has 0 saturated heterocycles. The molecule has 5 nitrogen and oxygen atoms in total. The summed E-state index contributed by atoms with van der Waals surface area (Å²) in [5.41, 5.74) is -0.648. The van der Waals surface area contributed by atoms with E-state index in [0.29, 0.717) is 6.07 Å². The van der Waals surface area contributed by atoms with Gasteiger partial charge in [-0.15, -0.1) is 0 Å². The number of carboxylic acid groups (broad SMARTS) is 1.